The molecule has 0 atom stereocenters. The van der Waals surface area contributed by atoms with Gasteiger partial charge < -0.3 is 10.2 Å². The second-order valence-electron chi connectivity index (χ2n) is 6.21. The molecule has 0 unspecified atom stereocenters. The molecule has 2 aromatic carbocycles. The Labute approximate surface area is 156 Å². The highest BCUT2D eigenvalue weighted by Gasteiger charge is 2.19. The molecule has 0 bridgehead atoms. The maximum Gasteiger partial charge on any atom is 0.225 e. The van der Waals surface area contributed by atoms with Crippen molar-refractivity contribution >= 4 is 28.9 Å². The minimum Gasteiger partial charge on any atom is -0.367 e. The quantitative estimate of drug-likeness (QED) is 0.859. The highest BCUT2D eigenvalue weighted by atomic mass is 35.5. The lowest BCUT2D eigenvalue weighted by molar-refractivity contribution is -0.116. The summed E-state index contributed by atoms with van der Waals surface area (Å²) in [5.74, 6) is -0.875. The molecular weight excluding hydrogens is 360 g/mol. The number of anilines is 2. The van der Waals surface area contributed by atoms with Crippen LogP contribution in [0.5, 0.6) is 0 Å². The summed E-state index contributed by atoms with van der Waals surface area (Å²) >= 11 is 5.71. The Hall–Kier alpha value is -2.18. The van der Waals surface area contributed by atoms with Crippen LogP contribution in [-0.4, -0.2) is 43.5 Å². The Morgan fingerprint density at radius 3 is 2.46 bits per heavy atom. The van der Waals surface area contributed by atoms with E-state index in [4.69, 9.17) is 11.6 Å². The molecule has 3 rings (SSSR count). The standard InChI is InChI=1S/C19H20ClF2N3O/c20-15-13-14(5-6-16(15)21)23-19(26)7-8-24-9-11-25(12-10-24)18-4-2-1-3-17(18)22/h1-6,13H,7-12H2,(H,23,26). The van der Waals surface area contributed by atoms with Crippen molar-refractivity contribution in [2.45, 2.75) is 6.42 Å². The summed E-state index contributed by atoms with van der Waals surface area (Å²) in [6, 6.07) is 10.9. The number of hydrogen-bond donors (Lipinski definition) is 1. The van der Waals surface area contributed by atoms with Crippen LogP contribution >= 0.6 is 11.6 Å². The van der Waals surface area contributed by atoms with Gasteiger partial charge in [-0.05, 0) is 30.3 Å². The van der Waals surface area contributed by atoms with E-state index < -0.39 is 5.82 Å². The number of benzene rings is 2. The molecule has 0 saturated carbocycles. The monoisotopic (exact) mass is 379 g/mol. The van der Waals surface area contributed by atoms with E-state index in [0.717, 1.165) is 26.2 Å². The van der Waals surface area contributed by atoms with Crippen LogP contribution in [0.4, 0.5) is 20.2 Å². The molecule has 0 spiro atoms. The molecule has 2 aromatic rings. The van der Waals surface area contributed by atoms with Gasteiger partial charge in [0, 0.05) is 44.8 Å². The third-order valence-electron chi connectivity index (χ3n) is 4.42. The van der Waals surface area contributed by atoms with E-state index in [1.807, 2.05) is 11.0 Å². The van der Waals surface area contributed by atoms with Crippen LogP contribution in [0.1, 0.15) is 6.42 Å². The lowest BCUT2D eigenvalue weighted by Crippen LogP contribution is -2.47. The van der Waals surface area contributed by atoms with Gasteiger partial charge in [0.2, 0.25) is 5.91 Å². The number of nitrogens with zero attached hydrogens (tertiary/aromatic N) is 2. The number of rotatable bonds is 5. The largest absolute Gasteiger partial charge is 0.367 e. The fourth-order valence-corrected chi connectivity index (χ4v) is 3.16. The molecule has 4 nitrogen and oxygen atoms in total. The van der Waals surface area contributed by atoms with Gasteiger partial charge in [-0.3, -0.25) is 9.69 Å². The summed E-state index contributed by atoms with van der Waals surface area (Å²) in [5.41, 5.74) is 1.10. The number of piperazine rings is 1. The van der Waals surface area contributed by atoms with Crippen molar-refractivity contribution in [3.63, 3.8) is 0 Å². The number of para-hydroxylation sites is 1. The van der Waals surface area contributed by atoms with Gasteiger partial charge in [0.15, 0.2) is 0 Å². The van der Waals surface area contributed by atoms with Crippen molar-refractivity contribution in [3.05, 3.63) is 59.1 Å². The van der Waals surface area contributed by atoms with Gasteiger partial charge in [-0.1, -0.05) is 23.7 Å². The Morgan fingerprint density at radius 2 is 1.77 bits per heavy atom. The van der Waals surface area contributed by atoms with Crippen LogP contribution in [0.25, 0.3) is 0 Å². The van der Waals surface area contributed by atoms with Crippen LogP contribution in [0, 0.1) is 11.6 Å². The summed E-state index contributed by atoms with van der Waals surface area (Å²) < 4.78 is 27.0. The molecule has 7 heteroatoms. The van der Waals surface area contributed by atoms with E-state index in [1.54, 1.807) is 12.1 Å². The Morgan fingerprint density at radius 1 is 1.04 bits per heavy atom. The maximum atomic E-state index is 13.8. The zero-order valence-corrected chi connectivity index (χ0v) is 15.0. The minimum atomic E-state index is -0.516. The number of amides is 1. The predicted molar refractivity (Wildman–Crippen MR) is 99.7 cm³/mol. The molecule has 0 aromatic heterocycles. The highest BCUT2D eigenvalue weighted by Crippen LogP contribution is 2.21. The molecule has 1 fully saturated rings. The average Bonchev–Trinajstić information content (AvgIpc) is 2.64. The fraction of sp³-hybridized carbons (Fsp3) is 0.316. The summed E-state index contributed by atoms with van der Waals surface area (Å²) in [5, 5.41) is 2.69. The van der Waals surface area contributed by atoms with E-state index in [0.29, 0.717) is 24.3 Å². The molecular formula is C19H20ClF2N3O. The summed E-state index contributed by atoms with van der Waals surface area (Å²) in [6.07, 6.45) is 0.328. The van der Waals surface area contributed by atoms with Gasteiger partial charge in [-0.25, -0.2) is 8.78 Å². The van der Waals surface area contributed by atoms with Gasteiger partial charge in [-0.2, -0.15) is 0 Å². The van der Waals surface area contributed by atoms with Crippen molar-refractivity contribution in [2.24, 2.45) is 0 Å². The first-order valence-corrected chi connectivity index (χ1v) is 8.87. The van der Waals surface area contributed by atoms with E-state index in [-0.39, 0.29) is 16.7 Å². The number of halogens is 3. The molecule has 1 heterocycles. The van der Waals surface area contributed by atoms with Crippen molar-refractivity contribution in [1.29, 1.82) is 0 Å². The smallest absolute Gasteiger partial charge is 0.225 e. The van der Waals surface area contributed by atoms with Crippen molar-refractivity contribution in [1.82, 2.24) is 4.90 Å². The molecule has 1 aliphatic rings. The number of carbonyl (C=O) groups excluding carboxylic acids is 1. The zero-order valence-electron chi connectivity index (χ0n) is 14.2. The first-order valence-electron chi connectivity index (χ1n) is 8.49. The van der Waals surface area contributed by atoms with Crippen molar-refractivity contribution in [3.8, 4) is 0 Å². The fourth-order valence-electron chi connectivity index (χ4n) is 2.98. The third-order valence-corrected chi connectivity index (χ3v) is 4.71. The summed E-state index contributed by atoms with van der Waals surface area (Å²) in [4.78, 5) is 16.2. The molecule has 1 aliphatic heterocycles. The van der Waals surface area contributed by atoms with Gasteiger partial charge in [0.1, 0.15) is 11.6 Å². The molecule has 138 valence electrons. The highest BCUT2D eigenvalue weighted by molar-refractivity contribution is 6.31. The molecule has 1 saturated heterocycles. The Balaban J connectivity index is 1.44. The van der Waals surface area contributed by atoms with Gasteiger partial charge in [0.05, 0.1) is 10.7 Å². The SMILES string of the molecule is O=C(CCN1CCN(c2ccccc2F)CC1)Nc1ccc(F)c(Cl)c1. The van der Waals surface area contributed by atoms with Gasteiger partial charge in [0.25, 0.3) is 0 Å². The Kier molecular flexibility index (Phi) is 6.06. The topological polar surface area (TPSA) is 35.6 Å². The molecule has 1 N–H and O–H groups in total. The van der Waals surface area contributed by atoms with Crippen LogP contribution in [0.2, 0.25) is 5.02 Å². The first-order chi connectivity index (χ1) is 12.5. The normalized spacial score (nSPS) is 15.1. The van der Waals surface area contributed by atoms with Gasteiger partial charge >= 0.3 is 0 Å². The lowest BCUT2D eigenvalue weighted by atomic mass is 10.2. The number of nitrogens with one attached hydrogen (secondary N) is 1. The molecule has 1 amide bonds. The number of carbonyl (C=O) groups is 1. The van der Waals surface area contributed by atoms with E-state index in [9.17, 15) is 13.6 Å². The Bertz CT molecular complexity index is 779. The van der Waals surface area contributed by atoms with E-state index >= 15 is 0 Å². The second-order valence-corrected chi connectivity index (χ2v) is 6.61. The lowest BCUT2D eigenvalue weighted by Gasteiger charge is -2.36. The molecule has 0 radical (unpaired) electrons. The zero-order chi connectivity index (χ0) is 18.5. The van der Waals surface area contributed by atoms with Crippen molar-refractivity contribution in [2.75, 3.05) is 42.9 Å². The third kappa shape index (κ3) is 4.71. The van der Waals surface area contributed by atoms with Crippen LogP contribution in [-0.2, 0) is 4.79 Å². The molecule has 0 aliphatic carbocycles. The van der Waals surface area contributed by atoms with Gasteiger partial charge in [-0.15, -0.1) is 0 Å². The molecule has 26 heavy (non-hydrogen) atoms. The average molecular weight is 380 g/mol. The summed E-state index contributed by atoms with van der Waals surface area (Å²) in [7, 11) is 0. The van der Waals surface area contributed by atoms with Crippen molar-refractivity contribution < 1.29 is 13.6 Å². The maximum absolute atomic E-state index is 13.8. The predicted octanol–water partition coefficient (Wildman–Crippen LogP) is 3.77. The van der Waals surface area contributed by atoms with E-state index in [1.165, 1.54) is 24.3 Å². The van der Waals surface area contributed by atoms with Crippen LogP contribution < -0.4 is 10.2 Å². The number of hydrogen-bond acceptors (Lipinski definition) is 3. The second kappa shape index (κ2) is 8.47. The summed E-state index contributed by atoms with van der Waals surface area (Å²) in [6.45, 7) is 3.59. The van der Waals surface area contributed by atoms with Crippen LogP contribution in [0.15, 0.2) is 42.5 Å². The van der Waals surface area contributed by atoms with Crippen LogP contribution in [0.3, 0.4) is 0 Å². The minimum absolute atomic E-state index is 0.0212. The van der Waals surface area contributed by atoms with E-state index in [2.05, 4.69) is 10.2 Å². The first kappa shape index (κ1) is 18.6.